The lowest BCUT2D eigenvalue weighted by Crippen LogP contribution is -2.31. The Hall–Kier alpha value is -2.83. The molecule has 2 N–H and O–H groups in total. The summed E-state index contributed by atoms with van der Waals surface area (Å²) in [7, 11) is 0. The monoisotopic (exact) mass is 364 g/mol. The molecule has 0 aromatic heterocycles. The molecule has 2 aromatic rings. The van der Waals surface area contributed by atoms with E-state index < -0.39 is 17.6 Å². The standard InChI is InChI=1S/C19H19F3N2O2/c1-3-12(2)23-17(25)13-7-9-14(10-8-13)18(26)24-16-6-4-5-15(11-16)19(20,21)22/h4-12H,3H2,1-2H3,(H,23,25)(H,24,26). The van der Waals surface area contributed by atoms with Crippen LogP contribution in [0.2, 0.25) is 0 Å². The zero-order chi connectivity index (χ0) is 19.3. The van der Waals surface area contributed by atoms with Gasteiger partial charge in [0.25, 0.3) is 11.8 Å². The number of nitrogens with one attached hydrogen (secondary N) is 2. The van der Waals surface area contributed by atoms with E-state index in [1.165, 1.54) is 36.4 Å². The quantitative estimate of drug-likeness (QED) is 0.821. The first-order valence-electron chi connectivity index (χ1n) is 8.10. The second-order valence-corrected chi connectivity index (χ2v) is 5.89. The Balaban J connectivity index is 2.08. The van der Waals surface area contributed by atoms with Gasteiger partial charge in [-0.2, -0.15) is 13.2 Å². The predicted molar refractivity (Wildman–Crippen MR) is 93.1 cm³/mol. The molecule has 0 heterocycles. The molecule has 0 aliphatic rings. The number of anilines is 1. The average Bonchev–Trinajstić information content (AvgIpc) is 2.61. The van der Waals surface area contributed by atoms with Crippen molar-refractivity contribution in [1.29, 1.82) is 0 Å². The highest BCUT2D eigenvalue weighted by Crippen LogP contribution is 2.30. The zero-order valence-corrected chi connectivity index (χ0v) is 14.4. The number of halogens is 3. The van der Waals surface area contributed by atoms with Gasteiger partial charge in [-0.1, -0.05) is 13.0 Å². The Kier molecular flexibility index (Phi) is 6.02. The lowest BCUT2D eigenvalue weighted by molar-refractivity contribution is -0.137. The number of hydrogen-bond donors (Lipinski definition) is 2. The third kappa shape index (κ3) is 5.08. The van der Waals surface area contributed by atoms with E-state index in [9.17, 15) is 22.8 Å². The van der Waals surface area contributed by atoms with Crippen molar-refractivity contribution in [2.24, 2.45) is 0 Å². The molecule has 0 aliphatic heterocycles. The molecule has 26 heavy (non-hydrogen) atoms. The average molecular weight is 364 g/mol. The van der Waals surface area contributed by atoms with Gasteiger partial charge in [-0.3, -0.25) is 9.59 Å². The molecule has 138 valence electrons. The van der Waals surface area contributed by atoms with Gasteiger partial charge in [-0.15, -0.1) is 0 Å². The Morgan fingerprint density at radius 1 is 1.00 bits per heavy atom. The summed E-state index contributed by atoms with van der Waals surface area (Å²) in [6, 6.07) is 10.3. The first kappa shape index (κ1) is 19.5. The zero-order valence-electron chi connectivity index (χ0n) is 14.4. The molecule has 0 bridgehead atoms. The highest BCUT2D eigenvalue weighted by Gasteiger charge is 2.30. The van der Waals surface area contributed by atoms with Crippen molar-refractivity contribution in [3.8, 4) is 0 Å². The Morgan fingerprint density at radius 2 is 1.58 bits per heavy atom. The van der Waals surface area contributed by atoms with E-state index in [0.29, 0.717) is 5.56 Å². The van der Waals surface area contributed by atoms with Gasteiger partial charge in [0.2, 0.25) is 0 Å². The summed E-state index contributed by atoms with van der Waals surface area (Å²) in [5, 5.41) is 5.23. The summed E-state index contributed by atoms with van der Waals surface area (Å²) in [6.45, 7) is 3.83. The second kappa shape index (κ2) is 8.03. The molecule has 1 atom stereocenters. The number of carbonyl (C=O) groups is 2. The highest BCUT2D eigenvalue weighted by atomic mass is 19.4. The van der Waals surface area contributed by atoms with E-state index in [-0.39, 0.29) is 23.2 Å². The van der Waals surface area contributed by atoms with E-state index in [4.69, 9.17) is 0 Å². The van der Waals surface area contributed by atoms with E-state index in [2.05, 4.69) is 10.6 Å². The minimum absolute atomic E-state index is 0.0337. The van der Waals surface area contributed by atoms with Gasteiger partial charge in [0.1, 0.15) is 0 Å². The number of alkyl halides is 3. The minimum atomic E-state index is -4.48. The summed E-state index contributed by atoms with van der Waals surface area (Å²) >= 11 is 0. The molecule has 0 fully saturated rings. The lowest BCUT2D eigenvalue weighted by atomic mass is 10.1. The fourth-order valence-corrected chi connectivity index (χ4v) is 2.16. The molecule has 0 saturated carbocycles. The van der Waals surface area contributed by atoms with Crippen LogP contribution >= 0.6 is 0 Å². The summed E-state index contributed by atoms with van der Waals surface area (Å²) < 4.78 is 38.1. The van der Waals surface area contributed by atoms with Crippen molar-refractivity contribution >= 4 is 17.5 Å². The van der Waals surface area contributed by atoms with Crippen LogP contribution in [0.3, 0.4) is 0 Å². The molecule has 1 unspecified atom stereocenters. The van der Waals surface area contributed by atoms with Crippen LogP contribution in [0, 0.1) is 0 Å². The van der Waals surface area contributed by atoms with Crippen molar-refractivity contribution in [2.75, 3.05) is 5.32 Å². The molecule has 2 rings (SSSR count). The Bertz CT molecular complexity index is 786. The van der Waals surface area contributed by atoms with E-state index >= 15 is 0 Å². The topological polar surface area (TPSA) is 58.2 Å². The molecule has 2 amide bonds. The maximum atomic E-state index is 12.7. The van der Waals surface area contributed by atoms with E-state index in [0.717, 1.165) is 18.6 Å². The van der Waals surface area contributed by atoms with Crippen molar-refractivity contribution in [2.45, 2.75) is 32.5 Å². The molecule has 7 heteroatoms. The molecular formula is C19H19F3N2O2. The van der Waals surface area contributed by atoms with Gasteiger partial charge in [-0.05, 0) is 55.8 Å². The number of amides is 2. The number of benzene rings is 2. The van der Waals surface area contributed by atoms with Crippen molar-refractivity contribution in [3.05, 3.63) is 65.2 Å². The van der Waals surface area contributed by atoms with Crippen LogP contribution in [0.1, 0.15) is 46.5 Å². The van der Waals surface area contributed by atoms with Crippen molar-refractivity contribution < 1.29 is 22.8 Å². The molecule has 0 aliphatic carbocycles. The number of carbonyl (C=O) groups excluding carboxylic acids is 2. The third-order valence-electron chi connectivity index (χ3n) is 3.85. The largest absolute Gasteiger partial charge is 0.416 e. The van der Waals surface area contributed by atoms with Gasteiger partial charge in [0.05, 0.1) is 5.56 Å². The molecule has 2 aromatic carbocycles. The molecule has 0 spiro atoms. The summed E-state index contributed by atoms with van der Waals surface area (Å²) in [5.74, 6) is -0.803. The van der Waals surface area contributed by atoms with Gasteiger partial charge in [0, 0.05) is 22.9 Å². The van der Waals surface area contributed by atoms with Gasteiger partial charge in [-0.25, -0.2) is 0 Å². The van der Waals surface area contributed by atoms with Crippen LogP contribution in [0.25, 0.3) is 0 Å². The number of hydrogen-bond acceptors (Lipinski definition) is 2. The molecule has 0 radical (unpaired) electrons. The SMILES string of the molecule is CCC(C)NC(=O)c1ccc(C(=O)Nc2cccc(C(F)(F)F)c2)cc1. The molecule has 0 saturated heterocycles. The minimum Gasteiger partial charge on any atom is -0.350 e. The Labute approximate surface area is 149 Å². The van der Waals surface area contributed by atoms with E-state index in [1.54, 1.807) is 0 Å². The highest BCUT2D eigenvalue weighted by molar-refractivity contribution is 6.05. The lowest BCUT2D eigenvalue weighted by Gasteiger charge is -2.12. The van der Waals surface area contributed by atoms with Crippen LogP contribution < -0.4 is 10.6 Å². The predicted octanol–water partition coefficient (Wildman–Crippen LogP) is 4.49. The van der Waals surface area contributed by atoms with E-state index in [1.807, 2.05) is 13.8 Å². The summed E-state index contributed by atoms with van der Waals surface area (Å²) in [6.07, 6.45) is -3.69. The fraction of sp³-hybridized carbons (Fsp3) is 0.263. The van der Waals surface area contributed by atoms with Crippen LogP contribution in [-0.2, 0) is 6.18 Å². The van der Waals surface area contributed by atoms with Crippen molar-refractivity contribution in [1.82, 2.24) is 5.32 Å². The first-order valence-corrected chi connectivity index (χ1v) is 8.10. The van der Waals surface area contributed by atoms with Crippen LogP contribution in [-0.4, -0.2) is 17.9 Å². The maximum absolute atomic E-state index is 12.7. The Morgan fingerprint density at radius 3 is 2.12 bits per heavy atom. The number of rotatable bonds is 5. The van der Waals surface area contributed by atoms with Gasteiger partial charge >= 0.3 is 6.18 Å². The third-order valence-corrected chi connectivity index (χ3v) is 3.85. The summed E-state index contributed by atoms with van der Waals surface area (Å²) in [5.41, 5.74) is -0.154. The first-order chi connectivity index (χ1) is 12.2. The fourth-order valence-electron chi connectivity index (χ4n) is 2.16. The van der Waals surface area contributed by atoms with Crippen molar-refractivity contribution in [3.63, 3.8) is 0 Å². The molecule has 4 nitrogen and oxygen atoms in total. The second-order valence-electron chi connectivity index (χ2n) is 5.89. The maximum Gasteiger partial charge on any atom is 0.416 e. The normalized spacial score (nSPS) is 12.3. The van der Waals surface area contributed by atoms with Crippen LogP contribution in [0.15, 0.2) is 48.5 Å². The van der Waals surface area contributed by atoms with Gasteiger partial charge in [0.15, 0.2) is 0 Å². The van der Waals surface area contributed by atoms with Crippen LogP contribution in [0.5, 0.6) is 0 Å². The molecular weight excluding hydrogens is 345 g/mol. The van der Waals surface area contributed by atoms with Gasteiger partial charge < -0.3 is 10.6 Å². The van der Waals surface area contributed by atoms with Crippen LogP contribution in [0.4, 0.5) is 18.9 Å². The smallest absolute Gasteiger partial charge is 0.350 e. The summed E-state index contributed by atoms with van der Waals surface area (Å²) in [4.78, 5) is 24.2.